The molecule has 0 saturated carbocycles. The van der Waals surface area contributed by atoms with E-state index in [0.717, 1.165) is 0 Å². The molecule has 0 fully saturated rings. The Kier molecular flexibility index (Phi) is 2.11. The maximum atomic E-state index is 12.9. The maximum absolute atomic E-state index is 12.9. The zero-order valence-corrected chi connectivity index (χ0v) is 9.23. The lowest BCUT2D eigenvalue weighted by Gasteiger charge is -1.97. The van der Waals surface area contributed by atoms with E-state index in [1.54, 1.807) is 46.9 Å². The Hall–Kier alpha value is -0.160. The number of hydrogen-bond donors (Lipinski definition) is 0. The van der Waals surface area contributed by atoms with Crippen LogP contribution in [0.5, 0.6) is 0 Å². The van der Waals surface area contributed by atoms with Gasteiger partial charge in [0.25, 0.3) is 0 Å². The first kappa shape index (κ1) is 9.40. The summed E-state index contributed by atoms with van der Waals surface area (Å²) in [5, 5.41) is 0.559. The molecule has 68 valence electrons. The number of rotatable bonds is 1. The van der Waals surface area contributed by atoms with Crippen molar-refractivity contribution in [2.45, 2.75) is 5.92 Å². The van der Waals surface area contributed by atoms with Crippen molar-refractivity contribution in [3.8, 4) is 0 Å². The lowest BCUT2D eigenvalue weighted by atomic mass is 10.2. The number of benzene rings is 1. The Morgan fingerprint density at radius 3 is 2.00 bits per heavy atom. The fourth-order valence-corrected chi connectivity index (χ4v) is 2.04. The van der Waals surface area contributed by atoms with Crippen LogP contribution in [-0.4, -0.2) is 5.92 Å². The third-order valence-corrected chi connectivity index (χ3v) is 3.35. The molecule has 1 aliphatic rings. The van der Waals surface area contributed by atoms with E-state index in [9.17, 15) is 8.78 Å². The first-order valence-electron chi connectivity index (χ1n) is 3.58. The second kappa shape index (κ2) is 2.92. The van der Waals surface area contributed by atoms with Crippen molar-refractivity contribution in [2.24, 2.45) is 0 Å². The Balaban J connectivity index is 2.35. The normalized spacial score (nSPS) is 19.1. The molecular weight excluding hydrogens is 308 g/mol. The number of halogens is 4. The van der Waals surface area contributed by atoms with Gasteiger partial charge in [0.2, 0.25) is 0 Å². The summed E-state index contributed by atoms with van der Waals surface area (Å²) in [7, 11) is 0. The second-order valence-corrected chi connectivity index (χ2v) is 4.29. The molecule has 1 aromatic rings. The van der Waals surface area contributed by atoms with Gasteiger partial charge in [-0.1, -0.05) is 23.7 Å². The van der Waals surface area contributed by atoms with Crippen molar-refractivity contribution < 1.29 is 8.78 Å². The largest absolute Gasteiger partial charge is 0.306 e. The van der Waals surface area contributed by atoms with Crippen LogP contribution in [0.15, 0.2) is 27.8 Å². The number of allylic oxidation sites excluding steroid dienone is 2. The van der Waals surface area contributed by atoms with Gasteiger partial charge >= 0.3 is 5.92 Å². The molecule has 0 unspecified atom stereocenters. The second-order valence-electron chi connectivity index (χ2n) is 2.77. The van der Waals surface area contributed by atoms with Crippen LogP contribution in [0.25, 0.3) is 5.57 Å². The van der Waals surface area contributed by atoms with Gasteiger partial charge in [-0.05, 0) is 40.3 Å². The maximum Gasteiger partial charge on any atom is 0.306 e. The van der Waals surface area contributed by atoms with Gasteiger partial charge in [-0.2, -0.15) is 8.78 Å². The summed E-state index contributed by atoms with van der Waals surface area (Å²) in [5.41, 5.74) is 0.684. The molecule has 0 nitrogen and oxygen atoms in total. The van der Waals surface area contributed by atoms with Gasteiger partial charge in [0.05, 0.1) is 3.58 Å². The number of alkyl halides is 2. The standard InChI is InChI=1S/C9H4ClF2I/c10-6-3-1-5(2-4-6)7-8(13)9(7,11)12/h1-4H. The van der Waals surface area contributed by atoms with Crippen LogP contribution in [0.2, 0.25) is 5.02 Å². The zero-order valence-electron chi connectivity index (χ0n) is 6.32. The lowest BCUT2D eigenvalue weighted by Crippen LogP contribution is -1.94. The summed E-state index contributed by atoms with van der Waals surface area (Å²) in [6, 6.07) is 6.44. The highest BCUT2D eigenvalue weighted by molar-refractivity contribution is 14.1. The van der Waals surface area contributed by atoms with Crippen molar-refractivity contribution in [3.63, 3.8) is 0 Å². The van der Waals surface area contributed by atoms with E-state index in [0.29, 0.717) is 10.6 Å². The lowest BCUT2D eigenvalue weighted by molar-refractivity contribution is 0.158. The minimum absolute atomic E-state index is 0.129. The third kappa shape index (κ3) is 1.48. The molecule has 0 N–H and O–H groups in total. The fraction of sp³-hybridized carbons (Fsp3) is 0.111. The van der Waals surface area contributed by atoms with Gasteiger partial charge in [-0.15, -0.1) is 0 Å². The quantitative estimate of drug-likeness (QED) is 0.684. The number of hydrogen-bond acceptors (Lipinski definition) is 0. The van der Waals surface area contributed by atoms with Crippen molar-refractivity contribution >= 4 is 39.8 Å². The van der Waals surface area contributed by atoms with Crippen LogP contribution in [0.3, 0.4) is 0 Å². The fourth-order valence-electron chi connectivity index (χ4n) is 1.13. The van der Waals surface area contributed by atoms with E-state index in [1.807, 2.05) is 0 Å². The van der Waals surface area contributed by atoms with Crippen LogP contribution < -0.4 is 0 Å². The molecule has 1 aromatic carbocycles. The predicted molar refractivity (Wildman–Crippen MR) is 57.3 cm³/mol. The molecule has 0 saturated heterocycles. The van der Waals surface area contributed by atoms with Crippen molar-refractivity contribution in [3.05, 3.63) is 38.4 Å². The summed E-state index contributed by atoms with van der Waals surface area (Å²) in [4.78, 5) is 0. The summed E-state index contributed by atoms with van der Waals surface area (Å²) in [5.74, 6) is -2.70. The van der Waals surface area contributed by atoms with Crippen LogP contribution in [0.4, 0.5) is 8.78 Å². The smallest absolute Gasteiger partial charge is 0.195 e. The SMILES string of the molecule is FC1(F)C(I)=C1c1ccc(Cl)cc1. The van der Waals surface area contributed by atoms with Gasteiger partial charge in [0.1, 0.15) is 0 Å². The Morgan fingerprint density at radius 1 is 1.15 bits per heavy atom. The Labute approximate surface area is 92.7 Å². The van der Waals surface area contributed by atoms with Crippen molar-refractivity contribution in [1.29, 1.82) is 0 Å². The molecule has 0 aromatic heterocycles. The average Bonchev–Trinajstić information content (AvgIpc) is 2.55. The van der Waals surface area contributed by atoms with Crippen molar-refractivity contribution in [1.82, 2.24) is 0 Å². The van der Waals surface area contributed by atoms with E-state index in [1.165, 1.54) is 0 Å². The average molecular weight is 312 g/mol. The molecule has 0 heterocycles. The van der Waals surface area contributed by atoms with E-state index in [4.69, 9.17) is 11.6 Å². The van der Waals surface area contributed by atoms with Gasteiger partial charge in [0.15, 0.2) is 0 Å². The first-order valence-corrected chi connectivity index (χ1v) is 5.03. The predicted octanol–water partition coefficient (Wildman–Crippen LogP) is 4.14. The summed E-state index contributed by atoms with van der Waals surface area (Å²) >= 11 is 7.31. The molecular formula is C9H4ClF2I. The monoisotopic (exact) mass is 312 g/mol. The molecule has 0 bridgehead atoms. The minimum Gasteiger partial charge on any atom is -0.195 e. The van der Waals surface area contributed by atoms with Crippen LogP contribution in [0.1, 0.15) is 5.56 Å². The van der Waals surface area contributed by atoms with Crippen LogP contribution in [-0.2, 0) is 0 Å². The highest BCUT2D eigenvalue weighted by atomic mass is 127. The minimum atomic E-state index is -2.70. The Morgan fingerprint density at radius 2 is 1.62 bits per heavy atom. The molecule has 0 spiro atoms. The molecule has 0 amide bonds. The van der Waals surface area contributed by atoms with Gasteiger partial charge in [-0.3, -0.25) is 0 Å². The van der Waals surface area contributed by atoms with E-state index >= 15 is 0 Å². The highest BCUT2D eigenvalue weighted by Gasteiger charge is 2.55. The first-order chi connectivity index (χ1) is 6.03. The van der Waals surface area contributed by atoms with E-state index < -0.39 is 5.92 Å². The van der Waals surface area contributed by atoms with Crippen LogP contribution in [0, 0.1) is 0 Å². The molecule has 4 heteroatoms. The Bertz CT molecular complexity index is 381. The molecule has 1 aliphatic carbocycles. The molecule has 0 radical (unpaired) electrons. The van der Waals surface area contributed by atoms with E-state index in [-0.39, 0.29) is 9.15 Å². The van der Waals surface area contributed by atoms with E-state index in [2.05, 4.69) is 0 Å². The summed E-state index contributed by atoms with van der Waals surface area (Å²) < 4.78 is 25.9. The molecule has 13 heavy (non-hydrogen) atoms. The molecule has 0 atom stereocenters. The molecule has 0 aliphatic heterocycles. The van der Waals surface area contributed by atoms with Gasteiger partial charge in [0, 0.05) is 10.6 Å². The third-order valence-electron chi connectivity index (χ3n) is 1.88. The zero-order chi connectivity index (χ0) is 9.64. The van der Waals surface area contributed by atoms with Crippen LogP contribution >= 0.6 is 34.2 Å². The van der Waals surface area contributed by atoms with Crippen molar-refractivity contribution in [2.75, 3.05) is 0 Å². The highest BCUT2D eigenvalue weighted by Crippen LogP contribution is 2.58. The van der Waals surface area contributed by atoms with Gasteiger partial charge < -0.3 is 0 Å². The topological polar surface area (TPSA) is 0 Å². The summed E-state index contributed by atoms with van der Waals surface area (Å²) in [6.45, 7) is 0. The van der Waals surface area contributed by atoms with Gasteiger partial charge in [-0.25, -0.2) is 0 Å². The molecule has 2 rings (SSSR count). The summed E-state index contributed by atoms with van der Waals surface area (Å²) in [6.07, 6.45) is 0.